The number of para-hydroxylation sites is 1. The predicted octanol–water partition coefficient (Wildman–Crippen LogP) is 4.16. The van der Waals surface area contributed by atoms with E-state index in [4.69, 9.17) is 4.99 Å². The van der Waals surface area contributed by atoms with Crippen molar-refractivity contribution in [3.05, 3.63) is 63.9 Å². The van der Waals surface area contributed by atoms with Crippen molar-refractivity contribution < 1.29 is 0 Å². The SMILES string of the molecule is CCNC(=NCc1sc(C)nc1C)N(C)Cc1cnn(-c2ccccc2)c1.I. The molecule has 1 aromatic carbocycles. The van der Waals surface area contributed by atoms with E-state index in [1.54, 1.807) is 11.3 Å². The van der Waals surface area contributed by atoms with Gasteiger partial charge in [0.25, 0.3) is 0 Å². The van der Waals surface area contributed by atoms with Gasteiger partial charge in [0.2, 0.25) is 0 Å². The summed E-state index contributed by atoms with van der Waals surface area (Å²) in [4.78, 5) is 12.6. The molecule has 0 atom stereocenters. The standard InChI is InChI=1S/C20H26N6S.HI/c1-5-21-20(22-12-19-15(2)24-16(3)27-19)25(4)13-17-11-23-26(14-17)18-9-7-6-8-10-18;/h6-11,14H,5,12-13H2,1-4H3,(H,21,22);1H. The summed E-state index contributed by atoms with van der Waals surface area (Å²) in [6.07, 6.45) is 3.97. The normalized spacial score (nSPS) is 11.2. The summed E-state index contributed by atoms with van der Waals surface area (Å²) in [6.45, 7) is 8.37. The van der Waals surface area contributed by atoms with E-state index < -0.39 is 0 Å². The third-order valence-corrected chi connectivity index (χ3v) is 5.20. The van der Waals surface area contributed by atoms with Gasteiger partial charge >= 0.3 is 0 Å². The molecule has 2 aromatic heterocycles. The van der Waals surface area contributed by atoms with Gasteiger partial charge in [-0.2, -0.15) is 5.10 Å². The number of nitrogens with zero attached hydrogens (tertiary/aromatic N) is 5. The molecule has 0 saturated carbocycles. The highest BCUT2D eigenvalue weighted by molar-refractivity contribution is 14.0. The molecule has 28 heavy (non-hydrogen) atoms. The molecule has 150 valence electrons. The number of aryl methyl sites for hydroxylation is 2. The zero-order valence-electron chi connectivity index (χ0n) is 16.7. The van der Waals surface area contributed by atoms with E-state index in [9.17, 15) is 0 Å². The Hall–Kier alpha value is -1.94. The molecule has 3 aromatic rings. The van der Waals surface area contributed by atoms with Crippen LogP contribution in [0.3, 0.4) is 0 Å². The lowest BCUT2D eigenvalue weighted by atomic mass is 10.3. The Morgan fingerprint density at radius 3 is 2.64 bits per heavy atom. The molecule has 0 aliphatic carbocycles. The Balaban J connectivity index is 0.00000280. The van der Waals surface area contributed by atoms with Crippen LogP contribution in [0.1, 0.15) is 28.1 Å². The van der Waals surface area contributed by atoms with Crippen LogP contribution in [0.5, 0.6) is 0 Å². The monoisotopic (exact) mass is 510 g/mol. The van der Waals surface area contributed by atoms with Crippen LogP contribution in [0, 0.1) is 13.8 Å². The minimum Gasteiger partial charge on any atom is -0.357 e. The molecule has 0 aliphatic rings. The summed E-state index contributed by atoms with van der Waals surface area (Å²) in [5.74, 6) is 0.885. The quantitative estimate of drug-likeness (QED) is 0.308. The minimum absolute atomic E-state index is 0. The first kappa shape index (κ1) is 22.4. The van der Waals surface area contributed by atoms with E-state index in [0.29, 0.717) is 6.54 Å². The van der Waals surface area contributed by atoms with Gasteiger partial charge in [0, 0.05) is 36.8 Å². The molecular weight excluding hydrogens is 483 g/mol. The zero-order chi connectivity index (χ0) is 19.2. The molecule has 0 unspecified atom stereocenters. The fourth-order valence-corrected chi connectivity index (χ4v) is 3.71. The summed E-state index contributed by atoms with van der Waals surface area (Å²) < 4.78 is 1.90. The van der Waals surface area contributed by atoms with E-state index in [-0.39, 0.29) is 24.0 Å². The van der Waals surface area contributed by atoms with Crippen molar-refractivity contribution in [3.8, 4) is 5.69 Å². The second-order valence-electron chi connectivity index (χ2n) is 6.40. The highest BCUT2D eigenvalue weighted by Crippen LogP contribution is 2.18. The summed E-state index contributed by atoms with van der Waals surface area (Å²) in [5, 5.41) is 8.93. The minimum atomic E-state index is 0. The van der Waals surface area contributed by atoms with Crippen molar-refractivity contribution >= 4 is 41.3 Å². The fraction of sp³-hybridized carbons (Fsp3) is 0.350. The van der Waals surface area contributed by atoms with Crippen molar-refractivity contribution in [2.24, 2.45) is 4.99 Å². The van der Waals surface area contributed by atoms with Gasteiger partial charge in [-0.1, -0.05) is 18.2 Å². The van der Waals surface area contributed by atoms with Gasteiger partial charge in [0.15, 0.2) is 5.96 Å². The highest BCUT2D eigenvalue weighted by Gasteiger charge is 2.10. The number of benzene rings is 1. The lowest BCUT2D eigenvalue weighted by molar-refractivity contribution is 0.477. The third-order valence-electron chi connectivity index (χ3n) is 4.15. The summed E-state index contributed by atoms with van der Waals surface area (Å²) in [6, 6.07) is 10.1. The van der Waals surface area contributed by atoms with Gasteiger partial charge in [-0.25, -0.2) is 14.7 Å². The van der Waals surface area contributed by atoms with Gasteiger partial charge in [0.05, 0.1) is 29.1 Å². The summed E-state index contributed by atoms with van der Waals surface area (Å²) >= 11 is 1.71. The average Bonchev–Trinajstić information content (AvgIpc) is 3.25. The van der Waals surface area contributed by atoms with Crippen LogP contribution >= 0.6 is 35.3 Å². The molecular formula is C20H27IN6S. The Morgan fingerprint density at radius 1 is 1.25 bits per heavy atom. The number of rotatable bonds is 6. The molecule has 3 rings (SSSR count). The fourth-order valence-electron chi connectivity index (χ4n) is 2.85. The van der Waals surface area contributed by atoms with Crippen LogP contribution in [0.2, 0.25) is 0 Å². The van der Waals surface area contributed by atoms with E-state index in [2.05, 4.69) is 33.4 Å². The molecule has 6 nitrogen and oxygen atoms in total. The summed E-state index contributed by atoms with van der Waals surface area (Å²) in [5.41, 5.74) is 3.27. The molecule has 0 saturated heterocycles. The maximum absolute atomic E-state index is 4.79. The molecule has 0 radical (unpaired) electrons. The number of halogens is 1. The molecule has 1 N–H and O–H groups in total. The molecule has 8 heteroatoms. The first-order valence-corrected chi connectivity index (χ1v) is 9.89. The predicted molar refractivity (Wildman–Crippen MR) is 127 cm³/mol. The zero-order valence-corrected chi connectivity index (χ0v) is 19.9. The molecule has 0 aliphatic heterocycles. The first-order chi connectivity index (χ1) is 13.1. The van der Waals surface area contributed by atoms with Crippen LogP contribution in [-0.4, -0.2) is 39.2 Å². The Morgan fingerprint density at radius 2 is 2.00 bits per heavy atom. The van der Waals surface area contributed by atoms with Gasteiger partial charge < -0.3 is 10.2 Å². The van der Waals surface area contributed by atoms with Crippen LogP contribution < -0.4 is 5.32 Å². The van der Waals surface area contributed by atoms with Crippen molar-refractivity contribution in [2.75, 3.05) is 13.6 Å². The third kappa shape index (κ3) is 5.78. The number of hydrogen-bond donors (Lipinski definition) is 1. The number of aromatic nitrogens is 3. The Kier molecular flexibility index (Phi) is 8.43. The molecule has 0 fully saturated rings. The van der Waals surface area contributed by atoms with E-state index in [1.807, 2.05) is 62.1 Å². The smallest absolute Gasteiger partial charge is 0.194 e. The Labute approximate surface area is 187 Å². The number of thiazole rings is 1. The van der Waals surface area contributed by atoms with E-state index >= 15 is 0 Å². The van der Waals surface area contributed by atoms with Crippen molar-refractivity contribution in [1.82, 2.24) is 25.0 Å². The number of hydrogen-bond acceptors (Lipinski definition) is 4. The second kappa shape index (κ2) is 10.6. The second-order valence-corrected chi connectivity index (χ2v) is 7.68. The maximum atomic E-state index is 4.79. The van der Waals surface area contributed by atoms with Crippen LogP contribution in [-0.2, 0) is 13.1 Å². The van der Waals surface area contributed by atoms with Crippen molar-refractivity contribution in [2.45, 2.75) is 33.9 Å². The first-order valence-electron chi connectivity index (χ1n) is 9.08. The average molecular weight is 510 g/mol. The van der Waals surface area contributed by atoms with Gasteiger partial charge in [-0.3, -0.25) is 0 Å². The molecule has 0 amide bonds. The lowest BCUT2D eigenvalue weighted by Crippen LogP contribution is -2.38. The van der Waals surface area contributed by atoms with Gasteiger partial charge in [-0.15, -0.1) is 35.3 Å². The highest BCUT2D eigenvalue weighted by atomic mass is 127. The van der Waals surface area contributed by atoms with E-state index in [0.717, 1.165) is 41.0 Å². The van der Waals surface area contributed by atoms with Crippen molar-refractivity contribution in [1.29, 1.82) is 0 Å². The maximum Gasteiger partial charge on any atom is 0.194 e. The number of nitrogens with one attached hydrogen (secondary N) is 1. The van der Waals surface area contributed by atoms with Gasteiger partial charge in [0.1, 0.15) is 0 Å². The summed E-state index contributed by atoms with van der Waals surface area (Å²) in [7, 11) is 2.05. The molecule has 2 heterocycles. The van der Waals surface area contributed by atoms with E-state index in [1.165, 1.54) is 4.88 Å². The topological polar surface area (TPSA) is 58.3 Å². The number of guanidine groups is 1. The molecule has 0 bridgehead atoms. The van der Waals surface area contributed by atoms with Crippen molar-refractivity contribution in [3.63, 3.8) is 0 Å². The largest absolute Gasteiger partial charge is 0.357 e. The lowest BCUT2D eigenvalue weighted by Gasteiger charge is -2.21. The van der Waals surface area contributed by atoms with Crippen LogP contribution in [0.4, 0.5) is 0 Å². The van der Waals surface area contributed by atoms with Crippen LogP contribution in [0.25, 0.3) is 5.69 Å². The van der Waals surface area contributed by atoms with Crippen LogP contribution in [0.15, 0.2) is 47.7 Å². The van der Waals surface area contributed by atoms with Gasteiger partial charge in [-0.05, 0) is 32.9 Å². The Bertz CT molecular complexity index is 903. The molecule has 0 spiro atoms. The number of aliphatic imine (C=N–C) groups is 1.